The topological polar surface area (TPSA) is 29.1 Å². The summed E-state index contributed by atoms with van der Waals surface area (Å²) in [6.07, 6.45) is 2.97. The fourth-order valence-corrected chi connectivity index (χ4v) is 1.65. The van der Waals surface area contributed by atoms with E-state index in [1.807, 2.05) is 31.3 Å². The Bertz CT molecular complexity index is 446. The molecule has 0 radical (unpaired) electrons. The van der Waals surface area contributed by atoms with Crippen LogP contribution in [0.2, 0.25) is 0 Å². The summed E-state index contributed by atoms with van der Waals surface area (Å²) in [7, 11) is 1.92. The fraction of sp³-hybridized carbons (Fsp3) is 0.400. The van der Waals surface area contributed by atoms with Gasteiger partial charge in [-0.25, -0.2) is 0 Å². The molecular formula is C15H17NO. The lowest BCUT2D eigenvalue weighted by Crippen LogP contribution is -2.05. The number of Topliss-reactive ketones (excluding diaryl/α,β-unsaturated/α-hetero) is 1. The van der Waals surface area contributed by atoms with Gasteiger partial charge in [0.1, 0.15) is 0 Å². The highest BCUT2D eigenvalue weighted by molar-refractivity contribution is 5.99. The maximum absolute atomic E-state index is 11.8. The molecule has 0 spiro atoms. The summed E-state index contributed by atoms with van der Waals surface area (Å²) in [5.41, 5.74) is 1.81. The zero-order valence-electron chi connectivity index (χ0n) is 10.1. The molecule has 0 aliphatic heterocycles. The molecule has 1 aliphatic carbocycles. The van der Waals surface area contributed by atoms with Crippen molar-refractivity contribution in [2.45, 2.75) is 19.3 Å². The van der Waals surface area contributed by atoms with Crippen LogP contribution in [0.5, 0.6) is 0 Å². The van der Waals surface area contributed by atoms with E-state index in [4.69, 9.17) is 0 Å². The lowest BCUT2D eigenvalue weighted by Gasteiger charge is -1.98. The maximum atomic E-state index is 11.8. The monoisotopic (exact) mass is 227 g/mol. The lowest BCUT2D eigenvalue weighted by molar-refractivity contribution is 0.0967. The van der Waals surface area contributed by atoms with Crippen LogP contribution in [-0.2, 0) is 0 Å². The summed E-state index contributed by atoms with van der Waals surface area (Å²) in [5.74, 6) is 6.76. The number of hydrogen-bond donors (Lipinski definition) is 1. The molecule has 1 saturated carbocycles. The molecule has 1 aromatic carbocycles. The first-order valence-corrected chi connectivity index (χ1v) is 6.09. The number of rotatable bonds is 4. The fourth-order valence-electron chi connectivity index (χ4n) is 1.65. The molecule has 0 unspecified atom stereocenters. The van der Waals surface area contributed by atoms with Crippen molar-refractivity contribution in [3.63, 3.8) is 0 Å². The van der Waals surface area contributed by atoms with Gasteiger partial charge in [-0.05, 0) is 32.0 Å². The van der Waals surface area contributed by atoms with E-state index < -0.39 is 0 Å². The first-order chi connectivity index (χ1) is 8.31. The van der Waals surface area contributed by atoms with Crippen molar-refractivity contribution in [1.82, 2.24) is 5.32 Å². The lowest BCUT2D eigenvalue weighted by atomic mass is 10.1. The SMILES string of the molecule is CNCCC#Cc1ccc(C(=O)C2CC2)cc1. The van der Waals surface area contributed by atoms with Crippen molar-refractivity contribution >= 4 is 5.78 Å². The predicted octanol–water partition coefficient (Wildman–Crippen LogP) is 2.24. The Kier molecular flexibility index (Phi) is 3.95. The van der Waals surface area contributed by atoms with E-state index in [9.17, 15) is 4.79 Å². The van der Waals surface area contributed by atoms with Gasteiger partial charge >= 0.3 is 0 Å². The molecule has 0 aromatic heterocycles. The van der Waals surface area contributed by atoms with Crippen LogP contribution in [0.1, 0.15) is 35.2 Å². The Morgan fingerprint density at radius 1 is 1.35 bits per heavy atom. The molecule has 17 heavy (non-hydrogen) atoms. The van der Waals surface area contributed by atoms with E-state index in [1.165, 1.54) is 0 Å². The van der Waals surface area contributed by atoms with Gasteiger partial charge in [-0.15, -0.1) is 0 Å². The molecule has 0 atom stereocenters. The van der Waals surface area contributed by atoms with Gasteiger partial charge in [0, 0.05) is 30.0 Å². The van der Waals surface area contributed by atoms with Crippen molar-refractivity contribution < 1.29 is 4.79 Å². The van der Waals surface area contributed by atoms with Crippen LogP contribution >= 0.6 is 0 Å². The molecule has 2 heteroatoms. The van der Waals surface area contributed by atoms with Crippen LogP contribution in [0.25, 0.3) is 0 Å². The molecule has 0 saturated heterocycles. The highest BCUT2D eigenvalue weighted by Crippen LogP contribution is 2.32. The van der Waals surface area contributed by atoms with Crippen LogP contribution in [0.4, 0.5) is 0 Å². The number of ketones is 1. The zero-order valence-corrected chi connectivity index (χ0v) is 10.1. The van der Waals surface area contributed by atoms with E-state index in [1.54, 1.807) is 0 Å². The zero-order chi connectivity index (χ0) is 12.1. The Morgan fingerprint density at radius 2 is 2.06 bits per heavy atom. The summed E-state index contributed by atoms with van der Waals surface area (Å²) in [6.45, 7) is 0.908. The first kappa shape index (κ1) is 11.9. The molecule has 0 amide bonds. The average molecular weight is 227 g/mol. The molecule has 0 heterocycles. The summed E-state index contributed by atoms with van der Waals surface area (Å²) in [5, 5.41) is 3.05. The molecule has 1 aromatic rings. The van der Waals surface area contributed by atoms with Crippen LogP contribution in [0.3, 0.4) is 0 Å². The Hall–Kier alpha value is -1.59. The number of carbonyl (C=O) groups is 1. The van der Waals surface area contributed by atoms with E-state index >= 15 is 0 Å². The maximum Gasteiger partial charge on any atom is 0.165 e. The van der Waals surface area contributed by atoms with E-state index in [2.05, 4.69) is 17.2 Å². The molecular weight excluding hydrogens is 210 g/mol. The highest BCUT2D eigenvalue weighted by atomic mass is 16.1. The molecule has 2 nitrogen and oxygen atoms in total. The summed E-state index contributed by atoms with van der Waals surface area (Å²) >= 11 is 0. The first-order valence-electron chi connectivity index (χ1n) is 6.09. The van der Waals surface area contributed by atoms with E-state index in [-0.39, 0.29) is 0 Å². The van der Waals surface area contributed by atoms with E-state index in [0.29, 0.717) is 11.7 Å². The largest absolute Gasteiger partial charge is 0.319 e. The smallest absolute Gasteiger partial charge is 0.165 e. The average Bonchev–Trinajstić information content (AvgIpc) is 3.19. The number of hydrogen-bond acceptors (Lipinski definition) is 2. The minimum Gasteiger partial charge on any atom is -0.319 e. The minimum atomic E-state index is 0.291. The van der Waals surface area contributed by atoms with Crippen molar-refractivity contribution in [2.75, 3.05) is 13.6 Å². The van der Waals surface area contributed by atoms with Gasteiger partial charge in [-0.1, -0.05) is 24.0 Å². The van der Waals surface area contributed by atoms with Crippen LogP contribution < -0.4 is 5.32 Å². The van der Waals surface area contributed by atoms with Crippen molar-refractivity contribution in [3.8, 4) is 11.8 Å². The standard InChI is InChI=1S/C15H17NO/c1-16-11-3-2-4-12-5-7-13(8-6-12)15(17)14-9-10-14/h5-8,14,16H,3,9-11H2,1H3. The van der Waals surface area contributed by atoms with Crippen LogP contribution in [0, 0.1) is 17.8 Å². The molecule has 1 fully saturated rings. The molecule has 2 rings (SSSR count). The second kappa shape index (κ2) is 5.65. The second-order valence-corrected chi connectivity index (χ2v) is 4.37. The quantitative estimate of drug-likeness (QED) is 0.485. The van der Waals surface area contributed by atoms with Crippen LogP contribution in [0.15, 0.2) is 24.3 Å². The third kappa shape index (κ3) is 3.44. The number of nitrogens with one attached hydrogen (secondary N) is 1. The third-order valence-electron chi connectivity index (χ3n) is 2.85. The minimum absolute atomic E-state index is 0.291. The molecule has 88 valence electrons. The Morgan fingerprint density at radius 3 is 2.65 bits per heavy atom. The van der Waals surface area contributed by atoms with Crippen molar-refractivity contribution in [3.05, 3.63) is 35.4 Å². The predicted molar refractivity (Wildman–Crippen MR) is 68.9 cm³/mol. The van der Waals surface area contributed by atoms with Gasteiger partial charge in [-0.3, -0.25) is 4.79 Å². The van der Waals surface area contributed by atoms with Crippen LogP contribution in [-0.4, -0.2) is 19.4 Å². The summed E-state index contributed by atoms with van der Waals surface area (Å²) in [6, 6.07) is 7.65. The van der Waals surface area contributed by atoms with Crippen molar-refractivity contribution in [2.24, 2.45) is 5.92 Å². The van der Waals surface area contributed by atoms with Gasteiger partial charge in [-0.2, -0.15) is 0 Å². The summed E-state index contributed by atoms with van der Waals surface area (Å²) in [4.78, 5) is 11.8. The highest BCUT2D eigenvalue weighted by Gasteiger charge is 2.30. The van der Waals surface area contributed by atoms with Gasteiger partial charge in [0.2, 0.25) is 0 Å². The molecule has 1 aliphatic rings. The summed E-state index contributed by atoms with van der Waals surface area (Å²) < 4.78 is 0. The van der Waals surface area contributed by atoms with Crippen molar-refractivity contribution in [1.29, 1.82) is 0 Å². The second-order valence-electron chi connectivity index (χ2n) is 4.37. The van der Waals surface area contributed by atoms with Gasteiger partial charge < -0.3 is 5.32 Å². The van der Waals surface area contributed by atoms with Gasteiger partial charge in [0.15, 0.2) is 5.78 Å². The number of benzene rings is 1. The third-order valence-corrected chi connectivity index (χ3v) is 2.85. The Balaban J connectivity index is 1.96. The number of carbonyl (C=O) groups excluding carboxylic acids is 1. The molecule has 0 bridgehead atoms. The van der Waals surface area contributed by atoms with E-state index in [0.717, 1.165) is 36.9 Å². The molecule has 1 N–H and O–H groups in total. The normalized spacial score (nSPS) is 13.9. The van der Waals surface area contributed by atoms with Gasteiger partial charge in [0.05, 0.1) is 0 Å². The Labute approximate surface area is 102 Å². The van der Waals surface area contributed by atoms with Gasteiger partial charge in [0.25, 0.3) is 0 Å².